The summed E-state index contributed by atoms with van der Waals surface area (Å²) in [6, 6.07) is 3.69. The molecule has 0 amide bonds. The Morgan fingerprint density at radius 1 is 1.36 bits per heavy atom. The molecule has 1 rings (SSSR count). The molecule has 2 N–H and O–H groups in total. The first-order valence-electron chi connectivity index (χ1n) is 4.48. The molecule has 0 bridgehead atoms. The van der Waals surface area contributed by atoms with Gasteiger partial charge in [0, 0.05) is 5.56 Å². The van der Waals surface area contributed by atoms with Crippen LogP contribution in [-0.4, -0.2) is 19.4 Å². The van der Waals surface area contributed by atoms with Crippen molar-refractivity contribution in [1.29, 1.82) is 0 Å². The van der Waals surface area contributed by atoms with Crippen molar-refractivity contribution in [1.82, 2.24) is 0 Å². The number of rotatable bonds is 3. The number of hydrogen-bond acceptors (Lipinski definition) is 3. The summed E-state index contributed by atoms with van der Waals surface area (Å²) < 4.78 is 5.10. The maximum Gasteiger partial charge on any atom is 0.176 e. The van der Waals surface area contributed by atoms with Gasteiger partial charge in [-0.05, 0) is 37.1 Å². The van der Waals surface area contributed by atoms with Crippen molar-refractivity contribution in [3.05, 3.63) is 28.8 Å². The number of hydrogen-bond donors (Lipinski definition) is 1. The summed E-state index contributed by atoms with van der Waals surface area (Å²) in [5.74, 6) is 0.747. The molecule has 0 radical (unpaired) electrons. The quantitative estimate of drug-likeness (QED) is 0.739. The molecule has 1 aromatic rings. The van der Waals surface area contributed by atoms with E-state index in [1.807, 2.05) is 26.0 Å². The summed E-state index contributed by atoms with van der Waals surface area (Å²) in [6.07, 6.45) is 0. The predicted octanol–water partition coefficient (Wildman–Crippen LogP) is 1.45. The van der Waals surface area contributed by atoms with E-state index in [1.54, 1.807) is 7.11 Å². The lowest BCUT2D eigenvalue weighted by Gasteiger charge is -2.10. The first-order valence-corrected chi connectivity index (χ1v) is 4.48. The second-order valence-corrected chi connectivity index (χ2v) is 3.26. The SMILES string of the molecule is COc1cc(C)c(C(=O)CN)c(C)c1. The summed E-state index contributed by atoms with van der Waals surface area (Å²) >= 11 is 0. The van der Waals surface area contributed by atoms with Crippen LogP contribution < -0.4 is 10.5 Å². The first-order chi connectivity index (χ1) is 6.60. The van der Waals surface area contributed by atoms with Gasteiger partial charge in [-0.1, -0.05) is 0 Å². The summed E-state index contributed by atoms with van der Waals surface area (Å²) in [6.45, 7) is 3.82. The van der Waals surface area contributed by atoms with E-state index in [9.17, 15) is 4.79 Å². The molecule has 0 aliphatic heterocycles. The highest BCUT2D eigenvalue weighted by Crippen LogP contribution is 2.21. The number of methoxy groups -OCH3 is 1. The van der Waals surface area contributed by atoms with Gasteiger partial charge in [0.2, 0.25) is 0 Å². The lowest BCUT2D eigenvalue weighted by Crippen LogP contribution is -2.16. The number of ketones is 1. The molecule has 0 atom stereocenters. The van der Waals surface area contributed by atoms with E-state index in [4.69, 9.17) is 10.5 Å². The molecule has 0 saturated carbocycles. The maximum atomic E-state index is 11.5. The van der Waals surface area contributed by atoms with Crippen LogP contribution in [0.25, 0.3) is 0 Å². The fraction of sp³-hybridized carbons (Fsp3) is 0.364. The molecular weight excluding hydrogens is 178 g/mol. The Bertz CT molecular complexity index is 335. The van der Waals surface area contributed by atoms with Crippen LogP contribution in [0.4, 0.5) is 0 Å². The van der Waals surface area contributed by atoms with E-state index in [0.29, 0.717) is 5.56 Å². The Morgan fingerprint density at radius 2 is 1.86 bits per heavy atom. The van der Waals surface area contributed by atoms with Crippen molar-refractivity contribution < 1.29 is 9.53 Å². The van der Waals surface area contributed by atoms with Gasteiger partial charge in [-0.25, -0.2) is 0 Å². The van der Waals surface area contributed by atoms with Crippen LogP contribution in [0.1, 0.15) is 21.5 Å². The van der Waals surface area contributed by atoms with Crippen molar-refractivity contribution >= 4 is 5.78 Å². The third kappa shape index (κ3) is 1.93. The molecule has 0 unspecified atom stereocenters. The monoisotopic (exact) mass is 193 g/mol. The highest BCUT2D eigenvalue weighted by atomic mass is 16.5. The third-order valence-corrected chi connectivity index (χ3v) is 2.21. The van der Waals surface area contributed by atoms with Gasteiger partial charge in [-0.3, -0.25) is 4.79 Å². The molecular formula is C11H15NO2. The number of benzene rings is 1. The molecule has 3 heteroatoms. The Balaban J connectivity index is 3.25. The number of aryl methyl sites for hydroxylation is 2. The Morgan fingerprint density at radius 3 is 2.21 bits per heavy atom. The highest BCUT2D eigenvalue weighted by molar-refractivity contribution is 6.00. The van der Waals surface area contributed by atoms with Crippen LogP contribution in [0.15, 0.2) is 12.1 Å². The van der Waals surface area contributed by atoms with Gasteiger partial charge in [-0.2, -0.15) is 0 Å². The molecule has 0 heterocycles. The lowest BCUT2D eigenvalue weighted by molar-refractivity contribution is 0.1000. The van der Waals surface area contributed by atoms with Gasteiger partial charge >= 0.3 is 0 Å². The minimum Gasteiger partial charge on any atom is -0.497 e. The van der Waals surface area contributed by atoms with Crippen LogP contribution >= 0.6 is 0 Å². The number of carbonyl (C=O) groups excluding carboxylic acids is 1. The van der Waals surface area contributed by atoms with Gasteiger partial charge in [0.25, 0.3) is 0 Å². The fourth-order valence-corrected chi connectivity index (χ4v) is 1.58. The smallest absolute Gasteiger partial charge is 0.176 e. The van der Waals surface area contributed by atoms with Gasteiger partial charge in [0.15, 0.2) is 5.78 Å². The zero-order valence-electron chi connectivity index (χ0n) is 8.76. The molecule has 0 saturated heterocycles. The van der Waals surface area contributed by atoms with E-state index in [-0.39, 0.29) is 12.3 Å². The molecule has 1 aromatic carbocycles. The normalized spacial score (nSPS) is 10.0. The van der Waals surface area contributed by atoms with E-state index in [0.717, 1.165) is 16.9 Å². The van der Waals surface area contributed by atoms with E-state index in [1.165, 1.54) is 0 Å². The molecule has 0 spiro atoms. The average Bonchev–Trinajstić information content (AvgIpc) is 2.16. The Hall–Kier alpha value is -1.35. The minimum absolute atomic E-state index is 0.0253. The van der Waals surface area contributed by atoms with Gasteiger partial charge in [0.1, 0.15) is 5.75 Å². The molecule has 0 aliphatic carbocycles. The van der Waals surface area contributed by atoms with Crippen molar-refractivity contribution in [3.63, 3.8) is 0 Å². The zero-order chi connectivity index (χ0) is 10.7. The Labute approximate surface area is 83.9 Å². The van der Waals surface area contributed by atoms with Crippen LogP contribution in [0, 0.1) is 13.8 Å². The summed E-state index contributed by atoms with van der Waals surface area (Å²) in [4.78, 5) is 11.5. The first kappa shape index (κ1) is 10.7. The summed E-state index contributed by atoms with van der Waals surface area (Å²) in [5.41, 5.74) is 7.88. The third-order valence-electron chi connectivity index (χ3n) is 2.21. The summed E-state index contributed by atoms with van der Waals surface area (Å²) in [5, 5.41) is 0. The van der Waals surface area contributed by atoms with Gasteiger partial charge in [-0.15, -0.1) is 0 Å². The maximum absolute atomic E-state index is 11.5. The van der Waals surface area contributed by atoms with Crippen molar-refractivity contribution in [3.8, 4) is 5.75 Å². The Kier molecular flexibility index (Phi) is 3.25. The largest absolute Gasteiger partial charge is 0.497 e. The number of carbonyl (C=O) groups is 1. The second-order valence-electron chi connectivity index (χ2n) is 3.26. The molecule has 76 valence electrons. The van der Waals surface area contributed by atoms with Gasteiger partial charge < -0.3 is 10.5 Å². The fourth-order valence-electron chi connectivity index (χ4n) is 1.58. The highest BCUT2D eigenvalue weighted by Gasteiger charge is 2.11. The number of ether oxygens (including phenoxy) is 1. The van der Waals surface area contributed by atoms with E-state index < -0.39 is 0 Å². The predicted molar refractivity (Wildman–Crippen MR) is 55.9 cm³/mol. The molecule has 14 heavy (non-hydrogen) atoms. The van der Waals surface area contributed by atoms with Crippen molar-refractivity contribution in [2.45, 2.75) is 13.8 Å². The molecule has 3 nitrogen and oxygen atoms in total. The number of Topliss-reactive ketones (excluding diaryl/α,β-unsaturated/α-hetero) is 1. The van der Waals surface area contributed by atoms with E-state index >= 15 is 0 Å². The van der Waals surface area contributed by atoms with Crippen LogP contribution in [-0.2, 0) is 0 Å². The van der Waals surface area contributed by atoms with E-state index in [2.05, 4.69) is 0 Å². The van der Waals surface area contributed by atoms with Gasteiger partial charge in [0.05, 0.1) is 13.7 Å². The average molecular weight is 193 g/mol. The van der Waals surface area contributed by atoms with Crippen LogP contribution in [0.2, 0.25) is 0 Å². The second kappa shape index (κ2) is 4.24. The minimum atomic E-state index is -0.0253. The topological polar surface area (TPSA) is 52.3 Å². The van der Waals surface area contributed by atoms with Crippen LogP contribution in [0.3, 0.4) is 0 Å². The zero-order valence-corrected chi connectivity index (χ0v) is 8.76. The molecule has 0 aromatic heterocycles. The van der Waals surface area contributed by atoms with Crippen LogP contribution in [0.5, 0.6) is 5.75 Å². The molecule has 0 fully saturated rings. The standard InChI is InChI=1S/C11H15NO2/c1-7-4-9(14-3)5-8(2)11(7)10(13)6-12/h4-5H,6,12H2,1-3H3. The molecule has 0 aliphatic rings. The lowest BCUT2D eigenvalue weighted by atomic mass is 9.99. The summed E-state index contributed by atoms with van der Waals surface area (Å²) in [7, 11) is 1.61. The van der Waals surface area contributed by atoms with Crippen molar-refractivity contribution in [2.75, 3.05) is 13.7 Å². The number of nitrogens with two attached hydrogens (primary N) is 1. The van der Waals surface area contributed by atoms with Crippen molar-refractivity contribution in [2.24, 2.45) is 5.73 Å².